The van der Waals surface area contributed by atoms with Crippen LogP contribution in [0.1, 0.15) is 53.9 Å². The number of ketones is 1. The topological polar surface area (TPSA) is 115 Å². The number of rotatable bonds is 9. The second kappa shape index (κ2) is 9.73. The van der Waals surface area contributed by atoms with E-state index in [1.54, 1.807) is 30.3 Å². The summed E-state index contributed by atoms with van der Waals surface area (Å²) < 4.78 is 10.8. The van der Waals surface area contributed by atoms with Crippen LogP contribution in [0.25, 0.3) is 0 Å². The first-order chi connectivity index (χ1) is 13.8. The molecule has 2 aromatic carbocycles. The van der Waals surface area contributed by atoms with Crippen LogP contribution in [0.5, 0.6) is 5.75 Å². The van der Waals surface area contributed by atoms with Gasteiger partial charge in [0.1, 0.15) is 11.6 Å². The van der Waals surface area contributed by atoms with E-state index in [2.05, 4.69) is 5.32 Å². The fraction of sp³-hybridized carbons (Fsp3) is 0.318. The van der Waals surface area contributed by atoms with Gasteiger partial charge in [-0.1, -0.05) is 6.92 Å². The number of carbonyl (C=O) groups is 2. The van der Waals surface area contributed by atoms with E-state index in [-0.39, 0.29) is 11.6 Å². The number of benzene rings is 2. The molecule has 0 radical (unpaired) electrons. The van der Waals surface area contributed by atoms with Crippen LogP contribution in [-0.2, 0) is 16.0 Å². The SMILES string of the molecule is CCOc1c(C(C)=O)cc(CC)cc1C(Nc1ccc(C(=N)N)cc1)C(=O)OC. The van der Waals surface area contributed by atoms with Crippen molar-refractivity contribution in [3.63, 3.8) is 0 Å². The van der Waals surface area contributed by atoms with Crippen LogP contribution in [0.4, 0.5) is 5.69 Å². The molecule has 0 saturated heterocycles. The van der Waals surface area contributed by atoms with Gasteiger partial charge in [-0.15, -0.1) is 0 Å². The Morgan fingerprint density at radius 2 is 1.83 bits per heavy atom. The van der Waals surface area contributed by atoms with E-state index >= 15 is 0 Å². The van der Waals surface area contributed by atoms with Gasteiger partial charge in [0.05, 0.1) is 19.3 Å². The molecule has 0 aliphatic rings. The minimum atomic E-state index is -0.880. The molecule has 0 amide bonds. The fourth-order valence-corrected chi connectivity index (χ4v) is 2.99. The van der Waals surface area contributed by atoms with Gasteiger partial charge in [-0.25, -0.2) is 4.79 Å². The molecule has 0 bridgehead atoms. The van der Waals surface area contributed by atoms with Crippen LogP contribution in [0.2, 0.25) is 0 Å². The number of nitrogen functional groups attached to an aromatic ring is 1. The van der Waals surface area contributed by atoms with Gasteiger partial charge in [0.25, 0.3) is 0 Å². The molecule has 0 saturated carbocycles. The number of carbonyl (C=O) groups excluding carboxylic acids is 2. The summed E-state index contributed by atoms with van der Waals surface area (Å²) in [6, 6.07) is 9.60. The number of amidine groups is 1. The van der Waals surface area contributed by atoms with E-state index < -0.39 is 12.0 Å². The zero-order chi connectivity index (χ0) is 21.6. The molecule has 0 aromatic heterocycles. The number of ether oxygens (including phenoxy) is 2. The van der Waals surface area contributed by atoms with Gasteiger partial charge >= 0.3 is 5.97 Å². The highest BCUT2D eigenvalue weighted by Crippen LogP contribution is 2.34. The number of Topliss-reactive ketones (excluding diaryl/α,β-unsaturated/α-hetero) is 1. The molecular formula is C22H27N3O4. The van der Waals surface area contributed by atoms with Crippen LogP contribution in [-0.4, -0.2) is 31.3 Å². The Labute approximate surface area is 170 Å². The van der Waals surface area contributed by atoms with Crippen molar-refractivity contribution in [1.82, 2.24) is 0 Å². The Morgan fingerprint density at radius 3 is 2.31 bits per heavy atom. The largest absolute Gasteiger partial charge is 0.493 e. The second-order valence-electron chi connectivity index (χ2n) is 6.50. The van der Waals surface area contributed by atoms with E-state index in [1.165, 1.54) is 14.0 Å². The average Bonchev–Trinajstić information content (AvgIpc) is 2.72. The summed E-state index contributed by atoms with van der Waals surface area (Å²) in [5, 5.41) is 10.6. The predicted octanol–water partition coefficient (Wildman–Crippen LogP) is 3.46. The average molecular weight is 397 g/mol. The maximum absolute atomic E-state index is 12.6. The molecule has 154 valence electrons. The molecule has 0 aliphatic carbocycles. The predicted molar refractivity (Wildman–Crippen MR) is 113 cm³/mol. The zero-order valence-electron chi connectivity index (χ0n) is 17.2. The molecule has 0 spiro atoms. The van der Waals surface area contributed by atoms with E-state index in [4.69, 9.17) is 20.6 Å². The molecule has 2 rings (SSSR count). The fourth-order valence-electron chi connectivity index (χ4n) is 2.99. The number of anilines is 1. The summed E-state index contributed by atoms with van der Waals surface area (Å²) in [7, 11) is 1.31. The van der Waals surface area contributed by atoms with Crippen LogP contribution >= 0.6 is 0 Å². The Balaban J connectivity index is 2.58. The Kier molecular flexibility index (Phi) is 7.36. The number of nitrogens with one attached hydrogen (secondary N) is 2. The first kappa shape index (κ1) is 21.9. The molecular weight excluding hydrogens is 370 g/mol. The van der Waals surface area contributed by atoms with Crippen molar-refractivity contribution in [2.45, 2.75) is 33.2 Å². The summed E-state index contributed by atoms with van der Waals surface area (Å²) in [6.45, 7) is 5.62. The highest BCUT2D eigenvalue weighted by atomic mass is 16.5. The van der Waals surface area contributed by atoms with Crippen LogP contribution in [0, 0.1) is 5.41 Å². The Morgan fingerprint density at radius 1 is 1.17 bits per heavy atom. The molecule has 0 aliphatic heterocycles. The molecule has 0 fully saturated rings. The molecule has 0 heterocycles. The second-order valence-corrected chi connectivity index (χ2v) is 6.50. The minimum Gasteiger partial charge on any atom is -0.493 e. The number of esters is 1. The lowest BCUT2D eigenvalue weighted by Gasteiger charge is -2.23. The number of hydrogen-bond donors (Lipinski definition) is 3. The summed E-state index contributed by atoms with van der Waals surface area (Å²) >= 11 is 0. The smallest absolute Gasteiger partial charge is 0.333 e. The third-order valence-corrected chi connectivity index (χ3v) is 4.51. The lowest BCUT2D eigenvalue weighted by molar-refractivity contribution is -0.141. The van der Waals surface area contributed by atoms with Crippen molar-refractivity contribution in [3.8, 4) is 5.75 Å². The lowest BCUT2D eigenvalue weighted by Crippen LogP contribution is -2.24. The summed E-state index contributed by atoms with van der Waals surface area (Å²) in [4.78, 5) is 24.9. The van der Waals surface area contributed by atoms with Gasteiger partial charge in [-0.2, -0.15) is 0 Å². The molecule has 2 aromatic rings. The molecule has 4 N–H and O–H groups in total. The van der Waals surface area contributed by atoms with Crippen LogP contribution in [0.15, 0.2) is 36.4 Å². The third-order valence-electron chi connectivity index (χ3n) is 4.51. The van der Waals surface area contributed by atoms with Gasteiger partial charge in [0.15, 0.2) is 11.8 Å². The normalized spacial score (nSPS) is 11.4. The number of hydrogen-bond acceptors (Lipinski definition) is 6. The Hall–Kier alpha value is -3.35. The zero-order valence-corrected chi connectivity index (χ0v) is 17.2. The first-order valence-corrected chi connectivity index (χ1v) is 9.41. The molecule has 7 nitrogen and oxygen atoms in total. The van der Waals surface area contributed by atoms with Gasteiger partial charge in [0, 0.05) is 16.8 Å². The number of nitrogens with two attached hydrogens (primary N) is 1. The standard InChI is InChI=1S/C22H27N3O4/c1-5-14-11-17(13(3)26)20(29-6-2)18(12-14)19(22(27)28-4)25-16-9-7-15(8-10-16)21(23)24/h7-12,19,25H,5-6H2,1-4H3,(H3,23,24). The Bertz CT molecular complexity index is 907. The van der Waals surface area contributed by atoms with Crippen molar-refractivity contribution in [2.24, 2.45) is 5.73 Å². The van der Waals surface area contributed by atoms with Crippen molar-refractivity contribution in [3.05, 3.63) is 58.7 Å². The van der Waals surface area contributed by atoms with E-state index in [0.717, 1.165) is 5.56 Å². The first-order valence-electron chi connectivity index (χ1n) is 9.41. The van der Waals surface area contributed by atoms with Gasteiger partial charge in [0.2, 0.25) is 0 Å². The molecule has 1 unspecified atom stereocenters. The minimum absolute atomic E-state index is 0.0403. The summed E-state index contributed by atoms with van der Waals surface area (Å²) in [5.41, 5.74) is 8.60. The highest BCUT2D eigenvalue weighted by molar-refractivity contribution is 5.98. The van der Waals surface area contributed by atoms with Crippen molar-refractivity contribution in [2.75, 3.05) is 19.0 Å². The van der Waals surface area contributed by atoms with Crippen molar-refractivity contribution < 1.29 is 19.1 Å². The molecule has 7 heteroatoms. The van der Waals surface area contributed by atoms with Crippen LogP contribution < -0.4 is 15.8 Å². The van der Waals surface area contributed by atoms with Crippen molar-refractivity contribution in [1.29, 1.82) is 5.41 Å². The monoisotopic (exact) mass is 397 g/mol. The summed E-state index contributed by atoms with van der Waals surface area (Å²) in [6.07, 6.45) is 0.695. The van der Waals surface area contributed by atoms with Gasteiger partial charge in [-0.3, -0.25) is 10.2 Å². The third kappa shape index (κ3) is 5.13. The maximum Gasteiger partial charge on any atom is 0.333 e. The van der Waals surface area contributed by atoms with E-state index in [1.807, 2.05) is 19.9 Å². The molecule has 29 heavy (non-hydrogen) atoms. The van der Waals surface area contributed by atoms with Crippen LogP contribution in [0.3, 0.4) is 0 Å². The van der Waals surface area contributed by atoms with E-state index in [0.29, 0.717) is 41.2 Å². The lowest BCUT2D eigenvalue weighted by atomic mass is 9.95. The van der Waals surface area contributed by atoms with Gasteiger partial charge in [-0.05, 0) is 62.2 Å². The number of methoxy groups -OCH3 is 1. The van der Waals surface area contributed by atoms with E-state index in [9.17, 15) is 9.59 Å². The quantitative estimate of drug-likeness (QED) is 0.258. The van der Waals surface area contributed by atoms with Crippen molar-refractivity contribution >= 4 is 23.3 Å². The molecule has 1 atom stereocenters. The van der Waals surface area contributed by atoms with Gasteiger partial charge < -0.3 is 20.5 Å². The number of aryl methyl sites for hydroxylation is 1. The highest BCUT2D eigenvalue weighted by Gasteiger charge is 2.28. The summed E-state index contributed by atoms with van der Waals surface area (Å²) in [5.74, 6) is -0.314. The maximum atomic E-state index is 12.6.